The fourth-order valence-corrected chi connectivity index (χ4v) is 7.36. The molecule has 0 spiro atoms. The summed E-state index contributed by atoms with van der Waals surface area (Å²) in [5, 5.41) is 28.9. The van der Waals surface area contributed by atoms with E-state index in [1.165, 1.54) is 64.6 Å². The zero-order chi connectivity index (χ0) is 32.5. The zero-order valence-corrected chi connectivity index (χ0v) is 25.6. The van der Waals surface area contributed by atoms with Gasteiger partial charge in [-0.2, -0.15) is 29.0 Å². The molecule has 0 fully saturated rings. The maximum absolute atomic E-state index is 15.0. The first-order valence-electron chi connectivity index (χ1n) is 14.7. The number of alkyl halides is 3. The van der Waals surface area contributed by atoms with Crippen LogP contribution in [0.5, 0.6) is 5.75 Å². The van der Waals surface area contributed by atoms with Gasteiger partial charge in [0.2, 0.25) is 0 Å². The molecule has 10 heteroatoms. The molecule has 0 radical (unpaired) electrons. The Morgan fingerprint density at radius 3 is 2.26 bits per heavy atom. The highest BCUT2D eigenvalue weighted by atomic mass is 32.1. The van der Waals surface area contributed by atoms with Gasteiger partial charge in [-0.15, -0.1) is 11.3 Å². The standard InChI is InChI=1S/C36H27F3N4O2S/c1-44-33-24(19-23-7-5-17-43-18-6-10-29(33)32(23)43)11-12-27-13-14-28(46-27)15-16-31-30(22-42)34(25(20-40)21-41)45-35(31,36(37,38)39)26-8-3-2-4-9-26/h2-4,8-9,11-16,19H,5-7,10,17-18H2,1H3/b12-11+,16-15+. The first-order valence-corrected chi connectivity index (χ1v) is 15.5. The quantitative estimate of drug-likeness (QED) is 0.253. The average molecular weight is 637 g/mol. The third kappa shape index (κ3) is 5.13. The van der Waals surface area contributed by atoms with Crippen molar-refractivity contribution in [2.75, 3.05) is 25.1 Å². The predicted octanol–water partition coefficient (Wildman–Crippen LogP) is 8.25. The van der Waals surface area contributed by atoms with Crippen molar-refractivity contribution in [3.63, 3.8) is 0 Å². The monoisotopic (exact) mass is 636 g/mol. The molecule has 0 aliphatic carbocycles. The number of rotatable bonds is 6. The lowest BCUT2D eigenvalue weighted by molar-refractivity contribution is -0.249. The Kier molecular flexibility index (Phi) is 8.21. The van der Waals surface area contributed by atoms with Crippen LogP contribution < -0.4 is 9.64 Å². The number of hydrogen-bond donors (Lipinski definition) is 0. The fraction of sp³-hybridized carbons (Fsp3) is 0.250. The second-order valence-electron chi connectivity index (χ2n) is 11.1. The molecule has 6 nitrogen and oxygen atoms in total. The number of halogens is 3. The fourth-order valence-electron chi connectivity index (χ4n) is 6.54. The van der Waals surface area contributed by atoms with Crippen molar-refractivity contribution in [3.05, 3.63) is 109 Å². The van der Waals surface area contributed by atoms with Crippen LogP contribution in [0, 0.1) is 34.0 Å². The summed E-state index contributed by atoms with van der Waals surface area (Å²) < 4.78 is 56.5. The summed E-state index contributed by atoms with van der Waals surface area (Å²) in [7, 11) is 1.69. The molecule has 0 saturated heterocycles. The number of methoxy groups -OCH3 is 1. The van der Waals surface area contributed by atoms with E-state index < -0.39 is 34.3 Å². The number of aryl methyl sites for hydroxylation is 1. The number of thiophene rings is 1. The lowest BCUT2D eigenvalue weighted by atomic mass is 9.84. The van der Waals surface area contributed by atoms with E-state index in [1.807, 2.05) is 18.2 Å². The molecule has 0 bridgehead atoms. The summed E-state index contributed by atoms with van der Waals surface area (Å²) in [5.41, 5.74) is -0.235. The first kappa shape index (κ1) is 30.8. The van der Waals surface area contributed by atoms with E-state index in [0.717, 1.165) is 55.0 Å². The molecular weight excluding hydrogens is 609 g/mol. The molecule has 2 aromatic carbocycles. The van der Waals surface area contributed by atoms with Crippen LogP contribution in [0.2, 0.25) is 0 Å². The second-order valence-corrected chi connectivity index (χ2v) is 12.2. The van der Waals surface area contributed by atoms with Crippen molar-refractivity contribution >= 4 is 35.3 Å². The Morgan fingerprint density at radius 1 is 0.957 bits per heavy atom. The lowest BCUT2D eigenvalue weighted by Crippen LogP contribution is -2.43. The van der Waals surface area contributed by atoms with Gasteiger partial charge in [0.15, 0.2) is 11.3 Å². The number of anilines is 1. The summed E-state index contributed by atoms with van der Waals surface area (Å²) >= 11 is 1.36. The van der Waals surface area contributed by atoms with E-state index in [0.29, 0.717) is 4.88 Å². The second kappa shape index (κ2) is 12.3. The van der Waals surface area contributed by atoms with Crippen LogP contribution in [0.3, 0.4) is 0 Å². The molecule has 1 aromatic heterocycles. The van der Waals surface area contributed by atoms with Crippen LogP contribution in [0.1, 0.15) is 44.8 Å². The number of ether oxygens (including phenoxy) is 2. The van der Waals surface area contributed by atoms with Gasteiger partial charge in [0.1, 0.15) is 29.5 Å². The number of allylic oxidation sites excluding steroid dienone is 2. The highest BCUT2D eigenvalue weighted by Crippen LogP contribution is 2.56. The van der Waals surface area contributed by atoms with Gasteiger partial charge in [0.05, 0.1) is 7.11 Å². The minimum absolute atomic E-state index is 0.281. The van der Waals surface area contributed by atoms with Crippen LogP contribution in [-0.2, 0) is 23.2 Å². The van der Waals surface area contributed by atoms with Crippen LogP contribution >= 0.6 is 11.3 Å². The van der Waals surface area contributed by atoms with Crippen LogP contribution in [0.4, 0.5) is 18.9 Å². The molecule has 230 valence electrons. The van der Waals surface area contributed by atoms with Crippen molar-refractivity contribution in [3.8, 4) is 24.0 Å². The number of hydrogen-bond acceptors (Lipinski definition) is 7. The Balaban J connectivity index is 1.38. The third-order valence-electron chi connectivity index (χ3n) is 8.47. The molecule has 0 saturated carbocycles. The zero-order valence-electron chi connectivity index (χ0n) is 24.8. The Morgan fingerprint density at radius 2 is 1.63 bits per heavy atom. The summed E-state index contributed by atoms with van der Waals surface area (Å²) in [4.78, 5) is 3.96. The molecule has 3 aromatic rings. The summed E-state index contributed by atoms with van der Waals surface area (Å²) in [6.07, 6.45) is 5.79. The maximum Gasteiger partial charge on any atom is 0.437 e. The number of nitrogens with zero attached hydrogens (tertiary/aromatic N) is 4. The third-order valence-corrected chi connectivity index (χ3v) is 9.48. The summed E-state index contributed by atoms with van der Waals surface area (Å²) in [6, 6.07) is 17.6. The van der Waals surface area contributed by atoms with E-state index in [-0.39, 0.29) is 5.56 Å². The van der Waals surface area contributed by atoms with Crippen LogP contribution in [0.25, 0.3) is 18.2 Å². The van der Waals surface area contributed by atoms with Gasteiger partial charge < -0.3 is 14.4 Å². The normalized spacial score (nSPS) is 19.1. The maximum atomic E-state index is 15.0. The average Bonchev–Trinajstić information content (AvgIpc) is 3.66. The smallest absolute Gasteiger partial charge is 0.437 e. The SMILES string of the molecule is COc1c(/C=C/c2ccc(/C=C/C3=C(C#N)C(=C(C#N)C#N)OC3(c3ccccc3)C(F)(F)F)s2)cc2c3c1CCCN3CCC2. The van der Waals surface area contributed by atoms with E-state index in [1.54, 1.807) is 37.5 Å². The van der Waals surface area contributed by atoms with Crippen molar-refractivity contribution < 1.29 is 22.6 Å². The van der Waals surface area contributed by atoms with E-state index >= 15 is 13.2 Å². The largest absolute Gasteiger partial charge is 0.496 e. The van der Waals surface area contributed by atoms with E-state index in [9.17, 15) is 15.8 Å². The van der Waals surface area contributed by atoms with E-state index in [4.69, 9.17) is 9.47 Å². The van der Waals surface area contributed by atoms with Crippen molar-refractivity contribution in [2.24, 2.45) is 0 Å². The van der Waals surface area contributed by atoms with Gasteiger partial charge in [-0.05, 0) is 67.7 Å². The lowest BCUT2D eigenvalue weighted by Gasteiger charge is -2.38. The molecule has 0 N–H and O–H groups in total. The van der Waals surface area contributed by atoms with E-state index in [2.05, 4.69) is 11.0 Å². The Hall–Kier alpha value is -5.24. The highest BCUT2D eigenvalue weighted by molar-refractivity contribution is 7.13. The van der Waals surface area contributed by atoms with Crippen molar-refractivity contribution in [1.82, 2.24) is 0 Å². The molecule has 4 heterocycles. The van der Waals surface area contributed by atoms with Gasteiger partial charge in [0.25, 0.3) is 5.60 Å². The summed E-state index contributed by atoms with van der Waals surface area (Å²) in [6.45, 7) is 2.13. The molecule has 3 aliphatic heterocycles. The van der Waals surface area contributed by atoms with Gasteiger partial charge >= 0.3 is 6.18 Å². The van der Waals surface area contributed by atoms with Crippen molar-refractivity contribution in [1.29, 1.82) is 15.8 Å². The molecule has 1 atom stereocenters. The first-order chi connectivity index (χ1) is 22.2. The summed E-state index contributed by atoms with van der Waals surface area (Å²) in [5.74, 6) is 0.183. The predicted molar refractivity (Wildman–Crippen MR) is 170 cm³/mol. The number of benzene rings is 2. The van der Waals surface area contributed by atoms with Gasteiger partial charge in [-0.25, -0.2) is 0 Å². The minimum atomic E-state index is -5.04. The Bertz CT molecular complexity index is 1930. The highest BCUT2D eigenvalue weighted by Gasteiger charge is 2.65. The molecule has 1 unspecified atom stereocenters. The van der Waals surface area contributed by atoms with Crippen LogP contribution in [-0.4, -0.2) is 26.4 Å². The molecule has 46 heavy (non-hydrogen) atoms. The molecule has 0 amide bonds. The Labute approximate surface area is 268 Å². The number of nitriles is 3. The molecular formula is C36H27F3N4O2S. The van der Waals surface area contributed by atoms with Crippen molar-refractivity contribution in [2.45, 2.75) is 37.5 Å². The molecule has 6 rings (SSSR count). The van der Waals surface area contributed by atoms with Crippen LogP contribution in [0.15, 0.2) is 77.1 Å². The van der Waals surface area contributed by atoms with Gasteiger partial charge in [-0.3, -0.25) is 0 Å². The van der Waals surface area contributed by atoms with Gasteiger partial charge in [0, 0.05) is 50.8 Å². The minimum Gasteiger partial charge on any atom is -0.496 e. The molecule has 3 aliphatic rings. The topological polar surface area (TPSA) is 93.1 Å². The van der Waals surface area contributed by atoms with Gasteiger partial charge in [-0.1, -0.05) is 36.4 Å².